The summed E-state index contributed by atoms with van der Waals surface area (Å²) < 4.78 is 41.3. The number of hydrogen-bond donors (Lipinski definition) is 1. The minimum absolute atomic E-state index is 0.0787. The summed E-state index contributed by atoms with van der Waals surface area (Å²) in [4.78, 5) is 12.1. The van der Waals surface area contributed by atoms with E-state index in [2.05, 4.69) is 10.4 Å². The number of nitrogens with one attached hydrogen (secondary N) is 1. The topological polar surface area (TPSA) is 46.9 Å². The molecule has 0 bridgehead atoms. The number of nitrogens with zero attached hydrogens (tertiary/aromatic N) is 2. The van der Waals surface area contributed by atoms with Crippen molar-refractivity contribution in [3.8, 4) is 5.69 Å². The van der Waals surface area contributed by atoms with Gasteiger partial charge in [0.05, 0.1) is 11.3 Å². The van der Waals surface area contributed by atoms with E-state index in [0.29, 0.717) is 6.08 Å². The molecule has 0 saturated heterocycles. The zero-order chi connectivity index (χ0) is 18.6. The summed E-state index contributed by atoms with van der Waals surface area (Å²) in [6, 6.07) is 17.8. The zero-order valence-electron chi connectivity index (χ0n) is 13.4. The monoisotopic (exact) mass is 357 g/mol. The number of allylic oxidation sites excluding steroid dienone is 1. The predicted octanol–water partition coefficient (Wildman–Crippen LogP) is 4.46. The van der Waals surface area contributed by atoms with E-state index in [1.165, 1.54) is 35.0 Å². The lowest BCUT2D eigenvalue weighted by molar-refractivity contribution is -0.112. The van der Waals surface area contributed by atoms with Crippen molar-refractivity contribution in [1.29, 1.82) is 0 Å². The standard InChI is InChI=1S/C19H14F3N3O/c20-19(21,22)16(14-7-3-1-4-8-14)13-18(26)23-17-11-12-25(24-17)15-9-5-2-6-10-15/h1-13H,(H,23,24,26)/b16-13+. The van der Waals surface area contributed by atoms with Gasteiger partial charge in [-0.05, 0) is 17.7 Å². The number of benzene rings is 2. The number of hydrogen-bond acceptors (Lipinski definition) is 2. The van der Waals surface area contributed by atoms with Crippen molar-refractivity contribution < 1.29 is 18.0 Å². The first kappa shape index (κ1) is 17.5. The van der Waals surface area contributed by atoms with Crippen LogP contribution in [0.1, 0.15) is 5.56 Å². The Balaban J connectivity index is 1.81. The highest BCUT2D eigenvalue weighted by Crippen LogP contribution is 2.33. The smallest absolute Gasteiger partial charge is 0.306 e. The van der Waals surface area contributed by atoms with Crippen LogP contribution in [0.2, 0.25) is 0 Å². The first-order valence-electron chi connectivity index (χ1n) is 7.70. The van der Waals surface area contributed by atoms with E-state index in [1.54, 1.807) is 12.3 Å². The molecule has 0 fully saturated rings. The Morgan fingerprint density at radius 3 is 2.19 bits per heavy atom. The molecule has 0 aliphatic carbocycles. The molecule has 0 saturated carbocycles. The minimum Gasteiger partial charge on any atom is -0.306 e. The first-order valence-corrected chi connectivity index (χ1v) is 7.70. The van der Waals surface area contributed by atoms with E-state index in [4.69, 9.17) is 0 Å². The molecule has 0 radical (unpaired) electrons. The third kappa shape index (κ3) is 4.18. The van der Waals surface area contributed by atoms with Crippen molar-refractivity contribution in [1.82, 2.24) is 9.78 Å². The molecule has 1 aromatic heterocycles. The Kier molecular flexibility index (Phi) is 4.88. The number of carbonyl (C=O) groups is 1. The number of amides is 1. The fourth-order valence-electron chi connectivity index (χ4n) is 2.36. The number of anilines is 1. The van der Waals surface area contributed by atoms with Gasteiger partial charge in [0.25, 0.3) is 0 Å². The van der Waals surface area contributed by atoms with Crippen LogP contribution in [0.4, 0.5) is 19.0 Å². The van der Waals surface area contributed by atoms with Crippen molar-refractivity contribution >= 4 is 17.3 Å². The van der Waals surface area contributed by atoms with Crippen LogP contribution < -0.4 is 5.32 Å². The van der Waals surface area contributed by atoms with Crippen LogP contribution in [-0.4, -0.2) is 21.9 Å². The van der Waals surface area contributed by atoms with Gasteiger partial charge in [0.2, 0.25) is 5.91 Å². The maximum atomic E-state index is 13.3. The van der Waals surface area contributed by atoms with Crippen LogP contribution >= 0.6 is 0 Å². The maximum Gasteiger partial charge on any atom is 0.417 e. The van der Waals surface area contributed by atoms with Crippen LogP contribution in [0.25, 0.3) is 11.3 Å². The molecule has 1 heterocycles. The Morgan fingerprint density at radius 2 is 1.58 bits per heavy atom. The molecule has 7 heteroatoms. The second-order valence-corrected chi connectivity index (χ2v) is 5.39. The molecule has 4 nitrogen and oxygen atoms in total. The lowest BCUT2D eigenvalue weighted by Crippen LogP contribution is -2.16. The normalized spacial score (nSPS) is 12.0. The summed E-state index contributed by atoms with van der Waals surface area (Å²) in [5.41, 5.74) is -0.327. The van der Waals surface area contributed by atoms with Gasteiger partial charge in [0.15, 0.2) is 5.82 Å². The molecule has 26 heavy (non-hydrogen) atoms. The van der Waals surface area contributed by atoms with Gasteiger partial charge in [-0.25, -0.2) is 4.68 Å². The Hall–Kier alpha value is -3.35. The molecule has 0 aliphatic heterocycles. The Bertz CT molecular complexity index is 916. The van der Waals surface area contributed by atoms with Crippen LogP contribution in [-0.2, 0) is 4.79 Å². The average Bonchev–Trinajstić information content (AvgIpc) is 3.09. The highest BCUT2D eigenvalue weighted by molar-refractivity contribution is 6.04. The molecule has 0 unspecified atom stereocenters. The van der Waals surface area contributed by atoms with Crippen molar-refractivity contribution in [3.05, 3.63) is 84.6 Å². The second kappa shape index (κ2) is 7.26. The van der Waals surface area contributed by atoms with E-state index < -0.39 is 17.7 Å². The lowest BCUT2D eigenvalue weighted by atomic mass is 10.1. The van der Waals surface area contributed by atoms with Gasteiger partial charge < -0.3 is 5.32 Å². The molecule has 3 rings (SSSR count). The summed E-state index contributed by atoms with van der Waals surface area (Å²) in [6.07, 6.45) is -2.50. The van der Waals surface area contributed by atoms with Gasteiger partial charge in [-0.2, -0.15) is 18.3 Å². The number of para-hydroxylation sites is 1. The summed E-state index contributed by atoms with van der Waals surface area (Å²) >= 11 is 0. The van der Waals surface area contributed by atoms with Gasteiger partial charge in [0.1, 0.15) is 0 Å². The molecule has 0 spiro atoms. The maximum absolute atomic E-state index is 13.3. The van der Waals surface area contributed by atoms with Crippen LogP contribution in [0.3, 0.4) is 0 Å². The molecule has 0 aliphatic rings. The Labute approximate surface area is 147 Å². The molecule has 132 valence electrons. The summed E-state index contributed by atoms with van der Waals surface area (Å²) in [5.74, 6) is -0.746. The largest absolute Gasteiger partial charge is 0.417 e. The van der Waals surface area contributed by atoms with E-state index in [-0.39, 0.29) is 11.4 Å². The highest BCUT2D eigenvalue weighted by Gasteiger charge is 2.35. The van der Waals surface area contributed by atoms with Crippen molar-refractivity contribution in [2.24, 2.45) is 0 Å². The predicted molar refractivity (Wildman–Crippen MR) is 92.7 cm³/mol. The third-order valence-corrected chi connectivity index (χ3v) is 3.53. The molecular weight excluding hydrogens is 343 g/mol. The van der Waals surface area contributed by atoms with Crippen LogP contribution in [0.15, 0.2) is 79.0 Å². The fraction of sp³-hybridized carbons (Fsp3) is 0.0526. The fourth-order valence-corrected chi connectivity index (χ4v) is 2.36. The number of alkyl halides is 3. The van der Waals surface area contributed by atoms with Crippen molar-refractivity contribution in [2.45, 2.75) is 6.18 Å². The number of rotatable bonds is 4. The molecule has 1 N–H and O–H groups in total. The Morgan fingerprint density at radius 1 is 0.962 bits per heavy atom. The number of carbonyl (C=O) groups excluding carboxylic acids is 1. The van der Waals surface area contributed by atoms with E-state index in [9.17, 15) is 18.0 Å². The van der Waals surface area contributed by atoms with Gasteiger partial charge >= 0.3 is 6.18 Å². The zero-order valence-corrected chi connectivity index (χ0v) is 13.4. The lowest BCUT2D eigenvalue weighted by Gasteiger charge is -2.11. The van der Waals surface area contributed by atoms with Gasteiger partial charge in [0, 0.05) is 18.3 Å². The highest BCUT2D eigenvalue weighted by atomic mass is 19.4. The first-order chi connectivity index (χ1) is 12.4. The van der Waals surface area contributed by atoms with E-state index >= 15 is 0 Å². The van der Waals surface area contributed by atoms with Crippen molar-refractivity contribution in [3.63, 3.8) is 0 Å². The van der Waals surface area contributed by atoms with Gasteiger partial charge in [-0.15, -0.1) is 0 Å². The minimum atomic E-state index is -4.65. The van der Waals surface area contributed by atoms with Crippen LogP contribution in [0.5, 0.6) is 0 Å². The van der Waals surface area contributed by atoms with Crippen molar-refractivity contribution in [2.75, 3.05) is 5.32 Å². The average molecular weight is 357 g/mol. The van der Waals surface area contributed by atoms with E-state index in [1.807, 2.05) is 30.3 Å². The summed E-state index contributed by atoms with van der Waals surface area (Å²) in [5, 5.41) is 6.49. The molecule has 1 amide bonds. The number of aromatic nitrogens is 2. The van der Waals surface area contributed by atoms with Crippen LogP contribution in [0, 0.1) is 0 Å². The number of halogens is 3. The van der Waals surface area contributed by atoms with Gasteiger partial charge in [-0.3, -0.25) is 4.79 Å². The van der Waals surface area contributed by atoms with Gasteiger partial charge in [-0.1, -0.05) is 48.5 Å². The third-order valence-electron chi connectivity index (χ3n) is 3.53. The second-order valence-electron chi connectivity index (χ2n) is 5.39. The van der Waals surface area contributed by atoms with E-state index in [0.717, 1.165) is 5.69 Å². The molecule has 3 aromatic rings. The molecule has 0 atom stereocenters. The summed E-state index contributed by atoms with van der Waals surface area (Å²) in [7, 11) is 0. The molecule has 2 aromatic carbocycles. The molecular formula is C19H14F3N3O. The quantitative estimate of drug-likeness (QED) is 0.701. The summed E-state index contributed by atoms with van der Waals surface area (Å²) in [6.45, 7) is 0. The SMILES string of the molecule is O=C(/C=C(\c1ccccc1)C(F)(F)F)Nc1ccn(-c2ccccc2)n1.